The second-order valence-electron chi connectivity index (χ2n) is 4.33. The number of carboxylic acids is 1. The summed E-state index contributed by atoms with van der Waals surface area (Å²) in [5.41, 5.74) is 0.442. The highest BCUT2D eigenvalue weighted by molar-refractivity contribution is 7.90. The van der Waals surface area contributed by atoms with Gasteiger partial charge in [-0.15, -0.1) is 0 Å². The van der Waals surface area contributed by atoms with Crippen molar-refractivity contribution in [2.45, 2.75) is 26.3 Å². The summed E-state index contributed by atoms with van der Waals surface area (Å²) >= 11 is 0. The Balaban J connectivity index is 3.02. The maximum atomic E-state index is 12.2. The summed E-state index contributed by atoms with van der Waals surface area (Å²) in [7, 11) is -3.75. The number of benzene rings is 1. The highest BCUT2D eigenvalue weighted by atomic mass is 32.2. The van der Waals surface area contributed by atoms with Crippen molar-refractivity contribution in [1.29, 1.82) is 0 Å². The van der Waals surface area contributed by atoms with Crippen LogP contribution in [0.1, 0.15) is 20.3 Å². The van der Waals surface area contributed by atoms with Crippen LogP contribution in [0, 0.1) is 0 Å². The first kappa shape index (κ1) is 15.5. The molecule has 19 heavy (non-hydrogen) atoms. The van der Waals surface area contributed by atoms with E-state index in [4.69, 9.17) is 5.11 Å². The second kappa shape index (κ2) is 6.53. The predicted molar refractivity (Wildman–Crippen MR) is 73.2 cm³/mol. The molecule has 2 N–H and O–H groups in total. The third kappa shape index (κ3) is 4.88. The van der Waals surface area contributed by atoms with E-state index in [-0.39, 0.29) is 19.0 Å². The molecular weight excluding hydrogens is 268 g/mol. The topological polar surface area (TPSA) is 86.7 Å². The van der Waals surface area contributed by atoms with E-state index in [1.807, 2.05) is 0 Å². The van der Waals surface area contributed by atoms with Gasteiger partial charge < -0.3 is 5.11 Å². The van der Waals surface area contributed by atoms with E-state index in [0.717, 1.165) is 4.31 Å². The summed E-state index contributed by atoms with van der Waals surface area (Å²) in [5.74, 6) is -1.04. The van der Waals surface area contributed by atoms with E-state index in [1.54, 1.807) is 44.2 Å². The lowest BCUT2D eigenvalue weighted by Crippen LogP contribution is -2.44. The minimum atomic E-state index is -3.75. The summed E-state index contributed by atoms with van der Waals surface area (Å²) in [4.78, 5) is 10.6. The van der Waals surface area contributed by atoms with Crippen molar-refractivity contribution in [2.24, 2.45) is 0 Å². The van der Waals surface area contributed by atoms with Crippen molar-refractivity contribution in [3.63, 3.8) is 0 Å². The van der Waals surface area contributed by atoms with Crippen LogP contribution in [-0.4, -0.2) is 32.1 Å². The fourth-order valence-corrected chi connectivity index (χ4v) is 2.99. The standard InChI is InChI=1S/C12H18N2O4S/c1-10(2)13-19(17,18)14(9-8-12(15)16)11-6-4-3-5-7-11/h3-7,10,13H,8-9H2,1-2H3,(H,15,16). The third-order valence-corrected chi connectivity index (χ3v) is 3.99. The van der Waals surface area contributed by atoms with Gasteiger partial charge in [0.15, 0.2) is 0 Å². The highest BCUT2D eigenvalue weighted by Gasteiger charge is 2.23. The molecule has 0 aliphatic heterocycles. The summed E-state index contributed by atoms with van der Waals surface area (Å²) < 4.78 is 27.9. The van der Waals surface area contributed by atoms with Gasteiger partial charge in [-0.2, -0.15) is 13.1 Å². The number of nitrogens with one attached hydrogen (secondary N) is 1. The molecule has 7 heteroatoms. The lowest BCUT2D eigenvalue weighted by atomic mass is 10.3. The smallest absolute Gasteiger partial charge is 0.305 e. The molecule has 0 heterocycles. The molecule has 0 amide bonds. The van der Waals surface area contributed by atoms with E-state index in [0.29, 0.717) is 5.69 Å². The van der Waals surface area contributed by atoms with Crippen LogP contribution < -0.4 is 9.03 Å². The lowest BCUT2D eigenvalue weighted by Gasteiger charge is -2.25. The monoisotopic (exact) mass is 286 g/mol. The quantitative estimate of drug-likeness (QED) is 0.788. The lowest BCUT2D eigenvalue weighted by molar-refractivity contribution is -0.136. The van der Waals surface area contributed by atoms with Gasteiger partial charge in [0.05, 0.1) is 12.1 Å². The Kier molecular flexibility index (Phi) is 5.31. The van der Waals surface area contributed by atoms with E-state index in [1.165, 1.54) is 0 Å². The van der Waals surface area contributed by atoms with Gasteiger partial charge in [-0.05, 0) is 26.0 Å². The number of carboxylic acid groups (broad SMARTS) is 1. The summed E-state index contributed by atoms with van der Waals surface area (Å²) in [6.45, 7) is 3.30. The number of para-hydroxylation sites is 1. The minimum absolute atomic E-state index is 0.110. The van der Waals surface area contributed by atoms with Crippen molar-refractivity contribution in [3.05, 3.63) is 30.3 Å². The van der Waals surface area contributed by atoms with Gasteiger partial charge >= 0.3 is 16.2 Å². The number of rotatable bonds is 7. The molecule has 0 unspecified atom stereocenters. The van der Waals surface area contributed by atoms with Crippen molar-refractivity contribution in [1.82, 2.24) is 4.72 Å². The van der Waals surface area contributed by atoms with Crippen molar-refractivity contribution in [2.75, 3.05) is 10.8 Å². The van der Waals surface area contributed by atoms with E-state index < -0.39 is 16.2 Å². The normalized spacial score (nSPS) is 11.5. The molecular formula is C12H18N2O4S. The molecule has 0 saturated carbocycles. The number of hydrogen-bond acceptors (Lipinski definition) is 3. The molecule has 1 aromatic rings. The molecule has 0 saturated heterocycles. The maximum Gasteiger partial charge on any atom is 0.305 e. The van der Waals surface area contributed by atoms with Gasteiger partial charge in [0.2, 0.25) is 0 Å². The van der Waals surface area contributed by atoms with Crippen molar-refractivity contribution in [3.8, 4) is 0 Å². The molecule has 0 aromatic heterocycles. The van der Waals surface area contributed by atoms with Gasteiger partial charge in [-0.3, -0.25) is 9.10 Å². The Morgan fingerprint density at radius 2 is 1.89 bits per heavy atom. The highest BCUT2D eigenvalue weighted by Crippen LogP contribution is 2.17. The van der Waals surface area contributed by atoms with E-state index in [9.17, 15) is 13.2 Å². The molecule has 0 aliphatic carbocycles. The zero-order valence-corrected chi connectivity index (χ0v) is 11.7. The Morgan fingerprint density at radius 3 is 2.37 bits per heavy atom. The first-order valence-electron chi connectivity index (χ1n) is 5.90. The van der Waals surface area contributed by atoms with Crippen LogP contribution in [-0.2, 0) is 15.0 Å². The first-order valence-corrected chi connectivity index (χ1v) is 7.34. The Labute approximate surface area is 113 Å². The molecule has 0 aliphatic rings. The first-order chi connectivity index (χ1) is 8.83. The van der Waals surface area contributed by atoms with Gasteiger partial charge in [0.1, 0.15) is 0 Å². The molecule has 0 fully saturated rings. The molecule has 0 radical (unpaired) electrons. The fraction of sp³-hybridized carbons (Fsp3) is 0.417. The van der Waals surface area contributed by atoms with Crippen LogP contribution in [0.3, 0.4) is 0 Å². The van der Waals surface area contributed by atoms with Crippen molar-refractivity contribution < 1.29 is 18.3 Å². The van der Waals surface area contributed by atoms with Crippen LogP contribution in [0.15, 0.2) is 30.3 Å². The molecule has 6 nitrogen and oxygen atoms in total. The average molecular weight is 286 g/mol. The fourth-order valence-electron chi connectivity index (χ4n) is 1.54. The summed E-state index contributed by atoms with van der Waals surface area (Å²) in [5, 5.41) is 8.71. The Bertz CT molecular complexity index is 514. The van der Waals surface area contributed by atoms with E-state index >= 15 is 0 Å². The molecule has 106 valence electrons. The summed E-state index contributed by atoms with van der Waals surface area (Å²) in [6.07, 6.45) is -0.256. The maximum absolute atomic E-state index is 12.2. The average Bonchev–Trinajstić information content (AvgIpc) is 2.28. The largest absolute Gasteiger partial charge is 0.481 e. The van der Waals surface area contributed by atoms with E-state index in [2.05, 4.69) is 4.72 Å². The number of hydrogen-bond donors (Lipinski definition) is 2. The molecule has 0 atom stereocenters. The summed E-state index contributed by atoms with van der Waals surface area (Å²) in [6, 6.07) is 8.16. The van der Waals surface area contributed by atoms with Crippen LogP contribution in [0.25, 0.3) is 0 Å². The predicted octanol–water partition coefficient (Wildman–Crippen LogP) is 1.21. The van der Waals surface area contributed by atoms with Gasteiger partial charge in [0, 0.05) is 12.6 Å². The number of nitrogens with zero attached hydrogens (tertiary/aromatic N) is 1. The van der Waals surface area contributed by atoms with Gasteiger partial charge in [-0.25, -0.2) is 0 Å². The number of anilines is 1. The SMILES string of the molecule is CC(C)NS(=O)(=O)N(CCC(=O)O)c1ccccc1. The molecule has 0 bridgehead atoms. The number of aliphatic carboxylic acids is 1. The van der Waals surface area contributed by atoms with Gasteiger partial charge in [-0.1, -0.05) is 18.2 Å². The Morgan fingerprint density at radius 1 is 1.32 bits per heavy atom. The van der Waals surface area contributed by atoms with Crippen LogP contribution in [0.4, 0.5) is 5.69 Å². The third-order valence-electron chi connectivity index (χ3n) is 2.25. The second-order valence-corrected chi connectivity index (χ2v) is 5.96. The van der Waals surface area contributed by atoms with Crippen LogP contribution in [0.2, 0.25) is 0 Å². The van der Waals surface area contributed by atoms with Crippen molar-refractivity contribution >= 4 is 21.9 Å². The molecule has 1 aromatic carbocycles. The molecule has 1 rings (SSSR count). The van der Waals surface area contributed by atoms with Crippen LogP contribution in [0.5, 0.6) is 0 Å². The van der Waals surface area contributed by atoms with Gasteiger partial charge in [0.25, 0.3) is 0 Å². The zero-order chi connectivity index (χ0) is 14.5. The Hall–Kier alpha value is -1.60. The zero-order valence-electron chi connectivity index (χ0n) is 10.9. The minimum Gasteiger partial charge on any atom is -0.481 e. The van der Waals surface area contributed by atoms with Crippen LogP contribution >= 0.6 is 0 Å². The number of carbonyl (C=O) groups is 1. The molecule has 0 spiro atoms.